The molecule has 1 saturated heterocycles. The van der Waals surface area contributed by atoms with Gasteiger partial charge in [0.25, 0.3) is 0 Å². The van der Waals surface area contributed by atoms with Gasteiger partial charge in [0, 0.05) is 32.2 Å². The molecule has 1 aromatic rings. The first-order chi connectivity index (χ1) is 10.4. The molecule has 1 N–H and O–H groups in total. The van der Waals surface area contributed by atoms with E-state index in [-0.39, 0.29) is 23.5 Å². The summed E-state index contributed by atoms with van der Waals surface area (Å²) in [5, 5.41) is 3.13. The summed E-state index contributed by atoms with van der Waals surface area (Å²) in [6.45, 7) is 5.48. The van der Waals surface area contributed by atoms with Crippen LogP contribution < -0.4 is 5.32 Å². The lowest BCUT2D eigenvalue weighted by atomic mass is 9.96. The Hall–Kier alpha value is -0.490. The van der Waals surface area contributed by atoms with Crippen LogP contribution in [0.5, 0.6) is 0 Å². The lowest BCUT2D eigenvalue weighted by Gasteiger charge is -2.36. The second kappa shape index (κ2) is 9.11. The Morgan fingerprint density at radius 1 is 1.26 bits per heavy atom. The zero-order chi connectivity index (χ0) is 16.2. The molecule has 0 unspecified atom stereocenters. The zero-order valence-electron chi connectivity index (χ0n) is 13.1. The molecule has 1 aliphatic heterocycles. The van der Waals surface area contributed by atoms with Crippen LogP contribution in [0.4, 0.5) is 13.2 Å². The van der Waals surface area contributed by atoms with E-state index in [0.717, 1.165) is 51.5 Å². The molecule has 0 radical (unpaired) electrons. The highest BCUT2D eigenvalue weighted by molar-refractivity contribution is 6.32. The highest BCUT2D eigenvalue weighted by Gasteiger charge is 2.35. The van der Waals surface area contributed by atoms with Crippen LogP contribution in [0.15, 0.2) is 18.2 Å². The van der Waals surface area contributed by atoms with E-state index in [1.54, 1.807) is 6.07 Å². The van der Waals surface area contributed by atoms with Crippen molar-refractivity contribution in [3.05, 3.63) is 34.3 Å². The minimum atomic E-state index is -4.41. The SMILES string of the molecule is CCCC[C@@H](c1cccc(C(F)(F)F)c1Cl)N1CCNCC1.Cl. The second-order valence-corrected chi connectivity index (χ2v) is 6.03. The molecule has 1 heterocycles. The molecule has 1 aliphatic rings. The average Bonchev–Trinajstić information content (AvgIpc) is 2.49. The van der Waals surface area contributed by atoms with Gasteiger partial charge in [0.2, 0.25) is 0 Å². The molecule has 1 atom stereocenters. The minimum absolute atomic E-state index is 0. The Balaban J connectivity index is 0.00000264. The van der Waals surface area contributed by atoms with Gasteiger partial charge in [-0.05, 0) is 18.1 Å². The number of hydrogen-bond donors (Lipinski definition) is 1. The molecular weight excluding hydrogens is 348 g/mol. The Bertz CT molecular complexity index is 489. The number of benzene rings is 1. The zero-order valence-corrected chi connectivity index (χ0v) is 14.7. The van der Waals surface area contributed by atoms with Crippen molar-refractivity contribution in [2.45, 2.75) is 38.4 Å². The van der Waals surface area contributed by atoms with Crippen LogP contribution >= 0.6 is 24.0 Å². The quantitative estimate of drug-likeness (QED) is 0.791. The average molecular weight is 371 g/mol. The molecule has 0 saturated carbocycles. The van der Waals surface area contributed by atoms with E-state index in [1.165, 1.54) is 6.07 Å². The Morgan fingerprint density at radius 2 is 1.91 bits per heavy atom. The van der Waals surface area contributed by atoms with Crippen LogP contribution in [0.3, 0.4) is 0 Å². The summed E-state index contributed by atoms with van der Waals surface area (Å²) < 4.78 is 39.2. The summed E-state index contributed by atoms with van der Waals surface area (Å²) in [5.74, 6) is 0. The molecule has 0 spiro atoms. The van der Waals surface area contributed by atoms with Gasteiger partial charge >= 0.3 is 6.18 Å². The number of halogens is 5. The third-order valence-electron chi connectivity index (χ3n) is 4.12. The highest BCUT2D eigenvalue weighted by Crippen LogP contribution is 2.40. The first kappa shape index (κ1) is 20.6. The topological polar surface area (TPSA) is 15.3 Å². The fraction of sp³-hybridized carbons (Fsp3) is 0.625. The number of nitrogens with one attached hydrogen (secondary N) is 1. The maximum absolute atomic E-state index is 13.1. The van der Waals surface area contributed by atoms with Crippen molar-refractivity contribution < 1.29 is 13.2 Å². The third-order valence-corrected chi connectivity index (χ3v) is 4.54. The van der Waals surface area contributed by atoms with Crippen LogP contribution in [0.2, 0.25) is 5.02 Å². The summed E-state index contributed by atoms with van der Waals surface area (Å²) in [7, 11) is 0. The van der Waals surface area contributed by atoms with Crippen LogP contribution in [0.1, 0.15) is 43.4 Å². The standard InChI is InChI=1S/C16H22ClF3N2.ClH/c1-2-3-7-14(22-10-8-21-9-11-22)12-5-4-6-13(15(12)17)16(18,19)20;/h4-6,14,21H,2-3,7-11H2,1H3;1H/t14-;/m0./s1. The van der Waals surface area contributed by atoms with E-state index in [9.17, 15) is 13.2 Å². The van der Waals surface area contributed by atoms with Crippen molar-refractivity contribution in [3.8, 4) is 0 Å². The molecule has 23 heavy (non-hydrogen) atoms. The number of hydrogen-bond acceptors (Lipinski definition) is 2. The van der Waals surface area contributed by atoms with Gasteiger partial charge in [-0.15, -0.1) is 12.4 Å². The molecule has 0 amide bonds. The molecule has 132 valence electrons. The lowest BCUT2D eigenvalue weighted by molar-refractivity contribution is -0.137. The lowest BCUT2D eigenvalue weighted by Crippen LogP contribution is -2.45. The first-order valence-electron chi connectivity index (χ1n) is 7.75. The molecule has 0 aliphatic carbocycles. The van der Waals surface area contributed by atoms with Gasteiger partial charge in [-0.1, -0.05) is 43.5 Å². The second-order valence-electron chi connectivity index (χ2n) is 5.65. The third kappa shape index (κ3) is 5.24. The van der Waals surface area contributed by atoms with Crippen molar-refractivity contribution >= 4 is 24.0 Å². The predicted molar refractivity (Wildman–Crippen MR) is 90.4 cm³/mol. The summed E-state index contributed by atoms with van der Waals surface area (Å²) in [6, 6.07) is 4.21. The molecule has 1 fully saturated rings. The maximum atomic E-state index is 13.1. The monoisotopic (exact) mass is 370 g/mol. The van der Waals surface area contributed by atoms with E-state index < -0.39 is 11.7 Å². The van der Waals surface area contributed by atoms with E-state index in [0.29, 0.717) is 5.56 Å². The summed E-state index contributed by atoms with van der Waals surface area (Å²) >= 11 is 6.12. The summed E-state index contributed by atoms with van der Waals surface area (Å²) in [4.78, 5) is 2.24. The van der Waals surface area contributed by atoms with E-state index >= 15 is 0 Å². The van der Waals surface area contributed by atoms with Crippen molar-refractivity contribution in [1.82, 2.24) is 10.2 Å². The molecular formula is C16H23Cl2F3N2. The number of alkyl halides is 3. The number of nitrogens with zero attached hydrogens (tertiary/aromatic N) is 1. The fourth-order valence-corrected chi connectivity index (χ4v) is 3.31. The molecule has 0 bridgehead atoms. The maximum Gasteiger partial charge on any atom is 0.417 e. The number of piperazine rings is 1. The van der Waals surface area contributed by atoms with Gasteiger partial charge in [-0.3, -0.25) is 4.90 Å². The van der Waals surface area contributed by atoms with Crippen molar-refractivity contribution in [3.63, 3.8) is 0 Å². The smallest absolute Gasteiger partial charge is 0.314 e. The van der Waals surface area contributed by atoms with Crippen LogP contribution in [-0.4, -0.2) is 31.1 Å². The number of unbranched alkanes of at least 4 members (excludes halogenated alkanes) is 1. The largest absolute Gasteiger partial charge is 0.417 e. The Kier molecular flexibility index (Phi) is 8.14. The Labute approximate surface area is 146 Å². The highest BCUT2D eigenvalue weighted by atomic mass is 35.5. The Morgan fingerprint density at radius 3 is 2.48 bits per heavy atom. The number of rotatable bonds is 5. The van der Waals surface area contributed by atoms with Gasteiger partial charge in [0.1, 0.15) is 0 Å². The normalized spacial score (nSPS) is 17.6. The molecule has 7 heteroatoms. The van der Waals surface area contributed by atoms with Gasteiger partial charge < -0.3 is 5.32 Å². The van der Waals surface area contributed by atoms with E-state index in [4.69, 9.17) is 11.6 Å². The van der Waals surface area contributed by atoms with Crippen molar-refractivity contribution in [1.29, 1.82) is 0 Å². The summed E-state index contributed by atoms with van der Waals surface area (Å²) in [6.07, 6.45) is -1.59. The van der Waals surface area contributed by atoms with E-state index in [2.05, 4.69) is 17.1 Å². The van der Waals surface area contributed by atoms with Crippen molar-refractivity contribution in [2.75, 3.05) is 26.2 Å². The molecule has 1 aromatic carbocycles. The van der Waals surface area contributed by atoms with E-state index in [1.807, 2.05) is 0 Å². The van der Waals surface area contributed by atoms with Gasteiger partial charge in [-0.25, -0.2) is 0 Å². The predicted octanol–water partition coefficient (Wildman–Crippen LogP) is 4.92. The minimum Gasteiger partial charge on any atom is -0.314 e. The van der Waals surface area contributed by atoms with Crippen LogP contribution in [0.25, 0.3) is 0 Å². The van der Waals surface area contributed by atoms with Gasteiger partial charge in [0.05, 0.1) is 10.6 Å². The first-order valence-corrected chi connectivity index (χ1v) is 8.13. The summed E-state index contributed by atoms with van der Waals surface area (Å²) in [5.41, 5.74) is -0.129. The van der Waals surface area contributed by atoms with Crippen LogP contribution in [0, 0.1) is 0 Å². The van der Waals surface area contributed by atoms with Gasteiger partial charge in [-0.2, -0.15) is 13.2 Å². The molecule has 0 aromatic heterocycles. The van der Waals surface area contributed by atoms with Gasteiger partial charge in [0.15, 0.2) is 0 Å². The van der Waals surface area contributed by atoms with Crippen molar-refractivity contribution in [2.24, 2.45) is 0 Å². The fourth-order valence-electron chi connectivity index (χ4n) is 2.95. The molecule has 2 nitrogen and oxygen atoms in total. The molecule has 2 rings (SSSR count). The van der Waals surface area contributed by atoms with Crippen LogP contribution in [-0.2, 0) is 6.18 Å².